The molecule has 2 unspecified atom stereocenters. The molecule has 1 amide bonds. The largest absolute Gasteiger partial charge is 0.425 e. The molecular weight excluding hydrogens is 333 g/mol. The third kappa shape index (κ3) is 10.7. The SMILES string of the molecule is CCCCP(=O)(O)CCCNC(=O)OC(OC(=O)C(C)C)C(C)C. The number of hydrogen-bond donors (Lipinski definition) is 2. The zero-order valence-corrected chi connectivity index (χ0v) is 16.3. The Labute approximate surface area is 144 Å². The van der Waals surface area contributed by atoms with Gasteiger partial charge in [-0.05, 0) is 12.8 Å². The number of rotatable bonds is 11. The summed E-state index contributed by atoms with van der Waals surface area (Å²) in [4.78, 5) is 33.1. The summed E-state index contributed by atoms with van der Waals surface area (Å²) in [6.45, 7) is 9.16. The van der Waals surface area contributed by atoms with Crippen molar-refractivity contribution in [2.45, 2.75) is 60.2 Å². The fraction of sp³-hybridized carbons (Fsp3) is 0.875. The molecule has 0 aromatic carbocycles. The van der Waals surface area contributed by atoms with E-state index in [-0.39, 0.29) is 24.5 Å². The average Bonchev–Trinajstić information content (AvgIpc) is 2.48. The Morgan fingerprint density at radius 2 is 1.67 bits per heavy atom. The molecule has 0 rings (SSSR count). The van der Waals surface area contributed by atoms with Crippen LogP contribution in [0.25, 0.3) is 0 Å². The van der Waals surface area contributed by atoms with Crippen molar-refractivity contribution in [3.05, 3.63) is 0 Å². The van der Waals surface area contributed by atoms with Gasteiger partial charge in [0.05, 0.1) is 5.92 Å². The van der Waals surface area contributed by atoms with E-state index in [9.17, 15) is 19.0 Å². The molecule has 0 fully saturated rings. The van der Waals surface area contributed by atoms with Crippen LogP contribution < -0.4 is 5.32 Å². The summed E-state index contributed by atoms with van der Waals surface area (Å²) >= 11 is 0. The van der Waals surface area contributed by atoms with Gasteiger partial charge in [-0.1, -0.05) is 41.0 Å². The molecule has 142 valence electrons. The molecule has 7 nitrogen and oxygen atoms in total. The minimum Gasteiger partial charge on any atom is -0.425 e. The summed E-state index contributed by atoms with van der Waals surface area (Å²) in [6, 6.07) is 0. The maximum absolute atomic E-state index is 11.8. The van der Waals surface area contributed by atoms with Gasteiger partial charge < -0.3 is 19.7 Å². The third-order valence-corrected chi connectivity index (χ3v) is 5.32. The van der Waals surface area contributed by atoms with E-state index in [2.05, 4.69) is 5.32 Å². The van der Waals surface area contributed by atoms with Crippen molar-refractivity contribution >= 4 is 19.4 Å². The van der Waals surface area contributed by atoms with E-state index in [1.165, 1.54) is 0 Å². The van der Waals surface area contributed by atoms with E-state index in [1.807, 2.05) is 6.92 Å². The van der Waals surface area contributed by atoms with Crippen LogP contribution in [0.3, 0.4) is 0 Å². The van der Waals surface area contributed by atoms with Gasteiger partial charge in [0.1, 0.15) is 0 Å². The summed E-state index contributed by atoms with van der Waals surface area (Å²) in [7, 11) is -3.10. The fourth-order valence-electron chi connectivity index (χ4n) is 1.73. The highest BCUT2D eigenvalue weighted by Crippen LogP contribution is 2.41. The van der Waals surface area contributed by atoms with Crippen LogP contribution in [0.5, 0.6) is 0 Å². The molecule has 0 aliphatic carbocycles. The van der Waals surface area contributed by atoms with Gasteiger partial charge >= 0.3 is 12.1 Å². The molecule has 2 atom stereocenters. The van der Waals surface area contributed by atoms with Crippen LogP contribution in [0.1, 0.15) is 53.9 Å². The highest BCUT2D eigenvalue weighted by atomic mass is 31.2. The number of alkyl carbamates (subject to hydrolysis) is 1. The molecule has 0 aliphatic heterocycles. The lowest BCUT2D eigenvalue weighted by molar-refractivity contribution is -0.178. The standard InChI is InChI=1S/C16H32NO6P/c1-6-7-10-24(20,21)11-8-9-17-16(19)23-15(13(4)5)22-14(18)12(2)3/h12-13,15H,6-11H2,1-5H3,(H,17,19)(H,20,21). The zero-order valence-electron chi connectivity index (χ0n) is 15.4. The molecular formula is C16H32NO6P. The second-order valence-corrected chi connectivity index (χ2v) is 9.12. The van der Waals surface area contributed by atoms with Crippen molar-refractivity contribution in [3.8, 4) is 0 Å². The van der Waals surface area contributed by atoms with E-state index in [0.717, 1.165) is 12.8 Å². The van der Waals surface area contributed by atoms with Gasteiger partial charge in [0.25, 0.3) is 6.29 Å². The van der Waals surface area contributed by atoms with Crippen LogP contribution in [-0.2, 0) is 18.8 Å². The van der Waals surface area contributed by atoms with Crippen molar-refractivity contribution in [2.24, 2.45) is 11.8 Å². The Balaban J connectivity index is 4.18. The summed E-state index contributed by atoms with van der Waals surface area (Å²) in [6.07, 6.45) is 0.823. The number of ether oxygens (including phenoxy) is 2. The van der Waals surface area contributed by atoms with E-state index >= 15 is 0 Å². The number of carbonyl (C=O) groups excluding carboxylic acids is 2. The Morgan fingerprint density at radius 3 is 2.17 bits per heavy atom. The van der Waals surface area contributed by atoms with Crippen LogP contribution in [0, 0.1) is 11.8 Å². The minimum atomic E-state index is -3.10. The van der Waals surface area contributed by atoms with Crippen LogP contribution in [0.4, 0.5) is 4.79 Å². The third-order valence-electron chi connectivity index (χ3n) is 3.29. The summed E-state index contributed by atoms with van der Waals surface area (Å²) in [5.74, 6) is -0.913. The molecule has 8 heteroatoms. The van der Waals surface area contributed by atoms with Crippen molar-refractivity contribution in [2.75, 3.05) is 18.9 Å². The first-order valence-corrected chi connectivity index (χ1v) is 10.6. The molecule has 0 heterocycles. The first-order chi connectivity index (χ1) is 11.1. The van der Waals surface area contributed by atoms with Gasteiger partial charge in [0, 0.05) is 24.8 Å². The lowest BCUT2D eigenvalue weighted by Crippen LogP contribution is -2.36. The predicted octanol–water partition coefficient (Wildman–Crippen LogP) is 3.35. The maximum Gasteiger partial charge on any atom is 0.410 e. The van der Waals surface area contributed by atoms with E-state index < -0.39 is 25.7 Å². The van der Waals surface area contributed by atoms with E-state index in [4.69, 9.17) is 9.47 Å². The zero-order chi connectivity index (χ0) is 18.8. The normalized spacial score (nSPS) is 15.0. The molecule has 2 N–H and O–H groups in total. The highest BCUT2D eigenvalue weighted by Gasteiger charge is 2.24. The van der Waals surface area contributed by atoms with Crippen LogP contribution in [-0.4, -0.2) is 42.1 Å². The molecule has 24 heavy (non-hydrogen) atoms. The number of hydrogen-bond acceptors (Lipinski definition) is 5. The van der Waals surface area contributed by atoms with Gasteiger partial charge in [0.15, 0.2) is 0 Å². The molecule has 0 radical (unpaired) electrons. The van der Waals surface area contributed by atoms with Crippen LogP contribution in [0.15, 0.2) is 0 Å². The van der Waals surface area contributed by atoms with Gasteiger partial charge in [-0.25, -0.2) is 4.79 Å². The number of unbranched alkanes of at least 4 members (excludes halogenated alkanes) is 1. The van der Waals surface area contributed by atoms with Crippen molar-refractivity contribution in [1.82, 2.24) is 5.32 Å². The van der Waals surface area contributed by atoms with Gasteiger partial charge in [0.2, 0.25) is 7.37 Å². The van der Waals surface area contributed by atoms with Gasteiger partial charge in [-0.2, -0.15) is 0 Å². The first kappa shape index (κ1) is 22.9. The average molecular weight is 365 g/mol. The Morgan fingerprint density at radius 1 is 1.08 bits per heavy atom. The highest BCUT2D eigenvalue weighted by molar-refractivity contribution is 7.57. The summed E-state index contributed by atoms with van der Waals surface area (Å²) in [5.41, 5.74) is 0. The molecule has 0 spiro atoms. The second-order valence-electron chi connectivity index (χ2n) is 6.54. The minimum absolute atomic E-state index is 0.170. The van der Waals surface area contributed by atoms with Crippen LogP contribution >= 0.6 is 7.37 Å². The van der Waals surface area contributed by atoms with Gasteiger partial charge in [-0.3, -0.25) is 9.36 Å². The molecule has 0 saturated carbocycles. The van der Waals surface area contributed by atoms with Crippen molar-refractivity contribution in [3.63, 3.8) is 0 Å². The van der Waals surface area contributed by atoms with Gasteiger partial charge in [-0.15, -0.1) is 0 Å². The lowest BCUT2D eigenvalue weighted by Gasteiger charge is -2.22. The van der Waals surface area contributed by atoms with Crippen molar-refractivity contribution < 1.29 is 28.5 Å². The summed E-state index contributed by atoms with van der Waals surface area (Å²) in [5, 5.41) is 2.51. The number of nitrogens with one attached hydrogen (secondary N) is 1. The quantitative estimate of drug-likeness (QED) is 0.252. The molecule has 0 aromatic heterocycles. The number of esters is 1. The monoisotopic (exact) mass is 365 g/mol. The predicted molar refractivity (Wildman–Crippen MR) is 93.1 cm³/mol. The van der Waals surface area contributed by atoms with Crippen molar-refractivity contribution in [1.29, 1.82) is 0 Å². The Hall–Kier alpha value is -1.07. The fourth-order valence-corrected chi connectivity index (χ4v) is 3.41. The topological polar surface area (TPSA) is 102 Å². The van der Waals surface area contributed by atoms with Crippen LogP contribution in [0.2, 0.25) is 0 Å². The smallest absolute Gasteiger partial charge is 0.410 e. The number of amides is 1. The maximum atomic E-state index is 11.8. The molecule has 0 aromatic rings. The molecule has 0 saturated heterocycles. The van der Waals surface area contributed by atoms with E-state index in [0.29, 0.717) is 12.6 Å². The second kappa shape index (κ2) is 11.5. The lowest BCUT2D eigenvalue weighted by atomic mass is 10.2. The number of carbonyl (C=O) groups is 2. The first-order valence-electron chi connectivity index (χ1n) is 8.55. The molecule has 0 bridgehead atoms. The Bertz CT molecular complexity index is 438. The Kier molecular flexibility index (Phi) is 11.0. The molecule has 0 aliphatic rings. The summed E-state index contributed by atoms with van der Waals surface area (Å²) < 4.78 is 22.1. The van der Waals surface area contributed by atoms with E-state index in [1.54, 1.807) is 27.7 Å².